The van der Waals surface area contributed by atoms with Gasteiger partial charge in [0, 0.05) is 26.5 Å². The van der Waals surface area contributed by atoms with E-state index in [1.54, 1.807) is 4.68 Å². The molecular weight excluding hydrogens is 230 g/mol. The van der Waals surface area contributed by atoms with Gasteiger partial charge < -0.3 is 10.1 Å². The number of ether oxygens (including phenoxy) is 1. The summed E-state index contributed by atoms with van der Waals surface area (Å²) in [6.07, 6.45) is 3.45. The molecule has 0 bridgehead atoms. The van der Waals surface area contributed by atoms with Crippen LogP contribution in [0.3, 0.4) is 0 Å². The number of nitrogens with zero attached hydrogens (tertiary/aromatic N) is 2. The molecule has 1 fully saturated rings. The third-order valence-electron chi connectivity index (χ3n) is 3.67. The van der Waals surface area contributed by atoms with Crippen molar-refractivity contribution in [1.29, 1.82) is 0 Å². The topological polar surface area (TPSA) is 56.1 Å². The van der Waals surface area contributed by atoms with E-state index in [2.05, 4.69) is 10.4 Å². The molecule has 18 heavy (non-hydrogen) atoms. The lowest BCUT2D eigenvalue weighted by atomic mass is 9.81. The number of rotatable bonds is 3. The smallest absolute Gasteiger partial charge is 0.226 e. The summed E-state index contributed by atoms with van der Waals surface area (Å²) in [6, 6.07) is 1.87. The normalized spacial score (nSPS) is 20.4. The molecule has 1 aliphatic heterocycles. The number of hydrogen-bond acceptors (Lipinski definition) is 3. The molecule has 1 aromatic heterocycles. The van der Waals surface area contributed by atoms with Gasteiger partial charge in [-0.05, 0) is 25.8 Å². The first kappa shape index (κ1) is 13.1. The summed E-state index contributed by atoms with van der Waals surface area (Å²) < 4.78 is 7.06. The van der Waals surface area contributed by atoms with Crippen LogP contribution in [0.25, 0.3) is 0 Å². The second kappa shape index (κ2) is 5.10. The predicted molar refractivity (Wildman–Crippen MR) is 67.9 cm³/mol. The third kappa shape index (κ3) is 2.72. The lowest BCUT2D eigenvalue weighted by Crippen LogP contribution is -2.43. The maximum atomic E-state index is 12.3. The molecule has 1 N–H and O–H groups in total. The molecule has 1 amide bonds. The monoisotopic (exact) mass is 251 g/mol. The first-order valence-electron chi connectivity index (χ1n) is 6.39. The lowest BCUT2D eigenvalue weighted by molar-refractivity contribution is -0.136. The highest BCUT2D eigenvalue weighted by molar-refractivity contribution is 5.82. The SMILES string of the molecule is C[C@H](NC(=O)C1(C)CCOCC1)c1ccn(C)n1. The van der Waals surface area contributed by atoms with Crippen molar-refractivity contribution in [2.45, 2.75) is 32.7 Å². The number of aryl methyl sites for hydroxylation is 1. The molecule has 0 unspecified atom stereocenters. The number of carbonyl (C=O) groups excluding carboxylic acids is 1. The first-order valence-corrected chi connectivity index (χ1v) is 6.39. The van der Waals surface area contributed by atoms with E-state index in [4.69, 9.17) is 4.74 Å². The van der Waals surface area contributed by atoms with Crippen molar-refractivity contribution in [2.24, 2.45) is 12.5 Å². The van der Waals surface area contributed by atoms with Crippen LogP contribution in [-0.4, -0.2) is 28.9 Å². The van der Waals surface area contributed by atoms with Gasteiger partial charge in [-0.15, -0.1) is 0 Å². The van der Waals surface area contributed by atoms with E-state index in [0.717, 1.165) is 18.5 Å². The van der Waals surface area contributed by atoms with Crippen LogP contribution >= 0.6 is 0 Å². The van der Waals surface area contributed by atoms with Gasteiger partial charge in [0.2, 0.25) is 5.91 Å². The standard InChI is InChI=1S/C13H21N3O2/c1-10(11-4-7-16(3)15-11)14-12(17)13(2)5-8-18-9-6-13/h4,7,10H,5-6,8-9H2,1-3H3,(H,14,17)/t10-/m0/s1. The van der Waals surface area contributed by atoms with Gasteiger partial charge in [0.05, 0.1) is 17.2 Å². The number of carbonyl (C=O) groups is 1. The van der Waals surface area contributed by atoms with Crippen molar-refractivity contribution in [3.63, 3.8) is 0 Å². The molecule has 5 nitrogen and oxygen atoms in total. The summed E-state index contributed by atoms with van der Waals surface area (Å²) in [4.78, 5) is 12.3. The summed E-state index contributed by atoms with van der Waals surface area (Å²) in [5.41, 5.74) is 0.586. The molecule has 1 saturated heterocycles. The highest BCUT2D eigenvalue weighted by Crippen LogP contribution is 2.30. The van der Waals surface area contributed by atoms with E-state index in [-0.39, 0.29) is 17.4 Å². The minimum Gasteiger partial charge on any atom is -0.381 e. The Kier molecular flexibility index (Phi) is 3.71. The molecule has 5 heteroatoms. The van der Waals surface area contributed by atoms with Crippen LogP contribution in [0.1, 0.15) is 38.4 Å². The fraction of sp³-hybridized carbons (Fsp3) is 0.692. The molecular formula is C13H21N3O2. The Morgan fingerprint density at radius 3 is 2.78 bits per heavy atom. The predicted octanol–water partition coefficient (Wildman–Crippen LogP) is 1.41. The first-order chi connectivity index (χ1) is 8.51. The number of amides is 1. The van der Waals surface area contributed by atoms with Gasteiger partial charge >= 0.3 is 0 Å². The Hall–Kier alpha value is -1.36. The van der Waals surface area contributed by atoms with E-state index in [9.17, 15) is 4.79 Å². The van der Waals surface area contributed by atoms with Crippen molar-refractivity contribution in [3.8, 4) is 0 Å². The maximum absolute atomic E-state index is 12.3. The number of hydrogen-bond donors (Lipinski definition) is 1. The molecule has 0 spiro atoms. The van der Waals surface area contributed by atoms with E-state index in [0.29, 0.717) is 13.2 Å². The summed E-state index contributed by atoms with van der Waals surface area (Å²) in [7, 11) is 1.87. The fourth-order valence-corrected chi connectivity index (χ4v) is 2.16. The minimum atomic E-state index is -0.304. The molecule has 2 heterocycles. The third-order valence-corrected chi connectivity index (χ3v) is 3.67. The molecule has 2 rings (SSSR count). The molecule has 0 aromatic carbocycles. The molecule has 1 atom stereocenters. The van der Waals surface area contributed by atoms with Crippen LogP contribution in [0, 0.1) is 5.41 Å². The highest BCUT2D eigenvalue weighted by Gasteiger charge is 2.35. The maximum Gasteiger partial charge on any atom is 0.226 e. The Morgan fingerprint density at radius 1 is 1.56 bits per heavy atom. The van der Waals surface area contributed by atoms with Crippen LogP contribution in [0.2, 0.25) is 0 Å². The van der Waals surface area contributed by atoms with Gasteiger partial charge in [-0.25, -0.2) is 0 Å². The molecule has 1 aliphatic rings. The second-order valence-corrected chi connectivity index (χ2v) is 5.28. The van der Waals surface area contributed by atoms with Gasteiger partial charge in [-0.2, -0.15) is 5.10 Å². The van der Waals surface area contributed by atoms with Crippen molar-refractivity contribution in [1.82, 2.24) is 15.1 Å². The molecule has 0 radical (unpaired) electrons. The number of nitrogens with one attached hydrogen (secondary N) is 1. The average Bonchev–Trinajstić information content (AvgIpc) is 2.77. The summed E-state index contributed by atoms with van der Waals surface area (Å²) in [5.74, 6) is 0.101. The average molecular weight is 251 g/mol. The van der Waals surface area contributed by atoms with Crippen molar-refractivity contribution < 1.29 is 9.53 Å². The zero-order valence-corrected chi connectivity index (χ0v) is 11.3. The number of aromatic nitrogens is 2. The lowest BCUT2D eigenvalue weighted by Gasteiger charge is -2.32. The Morgan fingerprint density at radius 2 is 2.22 bits per heavy atom. The van der Waals surface area contributed by atoms with E-state index < -0.39 is 0 Å². The minimum absolute atomic E-state index is 0.0571. The van der Waals surface area contributed by atoms with Crippen LogP contribution in [-0.2, 0) is 16.6 Å². The van der Waals surface area contributed by atoms with Crippen molar-refractivity contribution >= 4 is 5.91 Å². The van der Waals surface area contributed by atoms with Crippen LogP contribution < -0.4 is 5.32 Å². The van der Waals surface area contributed by atoms with Crippen LogP contribution in [0.4, 0.5) is 0 Å². The highest BCUT2D eigenvalue weighted by atomic mass is 16.5. The second-order valence-electron chi connectivity index (χ2n) is 5.28. The largest absolute Gasteiger partial charge is 0.381 e. The zero-order valence-electron chi connectivity index (χ0n) is 11.3. The molecule has 1 aromatic rings. The quantitative estimate of drug-likeness (QED) is 0.883. The van der Waals surface area contributed by atoms with Gasteiger partial charge in [0.25, 0.3) is 0 Å². The Labute approximate surface area is 108 Å². The van der Waals surface area contributed by atoms with Crippen LogP contribution in [0.15, 0.2) is 12.3 Å². The Bertz CT molecular complexity index is 422. The van der Waals surface area contributed by atoms with Crippen molar-refractivity contribution in [2.75, 3.05) is 13.2 Å². The van der Waals surface area contributed by atoms with Crippen LogP contribution in [0.5, 0.6) is 0 Å². The summed E-state index contributed by atoms with van der Waals surface area (Å²) >= 11 is 0. The van der Waals surface area contributed by atoms with Gasteiger partial charge in [-0.1, -0.05) is 6.92 Å². The molecule has 100 valence electrons. The van der Waals surface area contributed by atoms with E-state index in [1.807, 2.05) is 33.2 Å². The Balaban J connectivity index is 1.98. The van der Waals surface area contributed by atoms with Gasteiger partial charge in [-0.3, -0.25) is 9.48 Å². The van der Waals surface area contributed by atoms with Gasteiger partial charge in [0.15, 0.2) is 0 Å². The van der Waals surface area contributed by atoms with Crippen molar-refractivity contribution in [3.05, 3.63) is 18.0 Å². The summed E-state index contributed by atoms with van der Waals surface area (Å²) in [5, 5.41) is 7.36. The van der Waals surface area contributed by atoms with Gasteiger partial charge in [0.1, 0.15) is 0 Å². The zero-order chi connectivity index (χ0) is 13.2. The fourth-order valence-electron chi connectivity index (χ4n) is 2.16. The molecule has 0 saturated carbocycles. The van der Waals surface area contributed by atoms with E-state index in [1.165, 1.54) is 0 Å². The van der Waals surface area contributed by atoms with E-state index >= 15 is 0 Å². The molecule has 0 aliphatic carbocycles. The summed E-state index contributed by atoms with van der Waals surface area (Å²) in [6.45, 7) is 5.31.